The summed E-state index contributed by atoms with van der Waals surface area (Å²) in [6.07, 6.45) is -15.7. The molecule has 0 aliphatic carbocycles. The van der Waals surface area contributed by atoms with E-state index in [9.17, 15) is 36.5 Å². The summed E-state index contributed by atoms with van der Waals surface area (Å²) < 4.78 is 86.7. The number of nitrogens with one attached hydrogen (secondary N) is 1. The zero-order chi connectivity index (χ0) is 23.5. The molecule has 3 rings (SSSR count). The topological polar surface area (TPSA) is 116 Å². The second-order valence-corrected chi connectivity index (χ2v) is 6.35. The standard InChI is InChI=1S/C16H14F6N6O4/c17-15(18,19)11(16(20,21)22)32-14-25-12(23-9-2-1-3-10(8-9)28(29)30)24-13(26-14)27-4-6-31-7-5-27/h1-3,8,11H,4-7H2,(H,23,24,25,26). The number of halogens is 6. The van der Waals surface area contributed by atoms with E-state index < -0.39 is 35.3 Å². The van der Waals surface area contributed by atoms with Gasteiger partial charge in [-0.2, -0.15) is 41.3 Å². The first-order valence-corrected chi connectivity index (χ1v) is 8.84. The largest absolute Gasteiger partial charge is 0.440 e. The zero-order valence-electron chi connectivity index (χ0n) is 15.9. The highest BCUT2D eigenvalue weighted by Gasteiger charge is 2.59. The first-order valence-electron chi connectivity index (χ1n) is 8.84. The van der Waals surface area contributed by atoms with Gasteiger partial charge in [0.05, 0.1) is 18.1 Å². The summed E-state index contributed by atoms with van der Waals surface area (Å²) in [5.41, 5.74) is -0.254. The van der Waals surface area contributed by atoms with Crippen LogP contribution in [-0.2, 0) is 4.74 Å². The van der Waals surface area contributed by atoms with E-state index in [2.05, 4.69) is 25.0 Å². The number of benzene rings is 1. The van der Waals surface area contributed by atoms with E-state index in [-0.39, 0.29) is 43.6 Å². The molecule has 16 heteroatoms. The Balaban J connectivity index is 1.97. The molecule has 0 unspecified atom stereocenters. The number of nitro benzene ring substituents is 1. The van der Waals surface area contributed by atoms with Gasteiger partial charge in [-0.25, -0.2) is 0 Å². The van der Waals surface area contributed by atoms with Crippen LogP contribution in [0.1, 0.15) is 0 Å². The minimum Gasteiger partial charge on any atom is -0.440 e. The molecule has 0 amide bonds. The van der Waals surface area contributed by atoms with E-state index in [1.165, 1.54) is 23.1 Å². The number of nitrogens with zero attached hydrogens (tertiary/aromatic N) is 5. The molecule has 0 spiro atoms. The number of alkyl halides is 6. The summed E-state index contributed by atoms with van der Waals surface area (Å²) in [5.74, 6) is -0.727. The molecule has 1 fully saturated rings. The van der Waals surface area contributed by atoms with Crippen LogP contribution in [0.5, 0.6) is 6.01 Å². The van der Waals surface area contributed by atoms with Gasteiger partial charge in [0.15, 0.2) is 0 Å². The first kappa shape index (κ1) is 23.2. The third kappa shape index (κ3) is 5.83. The fraction of sp³-hybridized carbons (Fsp3) is 0.438. The number of morpholine rings is 1. The molecule has 0 atom stereocenters. The van der Waals surface area contributed by atoms with E-state index in [1.54, 1.807) is 0 Å². The Kier molecular flexibility index (Phi) is 6.52. The Morgan fingerprint density at radius 3 is 2.34 bits per heavy atom. The van der Waals surface area contributed by atoms with Gasteiger partial charge in [0.25, 0.3) is 11.8 Å². The fourth-order valence-corrected chi connectivity index (χ4v) is 2.61. The van der Waals surface area contributed by atoms with Crippen LogP contribution in [0, 0.1) is 10.1 Å². The third-order valence-corrected chi connectivity index (χ3v) is 4.03. The molecule has 0 bridgehead atoms. The highest BCUT2D eigenvalue weighted by Crippen LogP contribution is 2.36. The minimum absolute atomic E-state index is 0.0625. The summed E-state index contributed by atoms with van der Waals surface area (Å²) in [6.45, 7) is 0.871. The lowest BCUT2D eigenvalue weighted by Crippen LogP contribution is -2.47. The van der Waals surface area contributed by atoms with Crippen LogP contribution in [-0.4, -0.2) is 64.6 Å². The molecule has 32 heavy (non-hydrogen) atoms. The molecule has 1 aromatic heterocycles. The highest BCUT2D eigenvalue weighted by atomic mass is 19.4. The SMILES string of the molecule is O=[N+]([O-])c1cccc(Nc2nc(OC(C(F)(F)F)C(F)(F)F)nc(N3CCOCC3)n2)c1. The number of hydrogen-bond acceptors (Lipinski definition) is 9. The van der Waals surface area contributed by atoms with E-state index >= 15 is 0 Å². The predicted molar refractivity (Wildman–Crippen MR) is 95.8 cm³/mol. The van der Waals surface area contributed by atoms with Gasteiger partial charge in [0.2, 0.25) is 11.9 Å². The third-order valence-electron chi connectivity index (χ3n) is 4.03. The average Bonchev–Trinajstić information content (AvgIpc) is 2.71. The summed E-state index contributed by atoms with van der Waals surface area (Å²) in [4.78, 5) is 22.7. The Morgan fingerprint density at radius 2 is 1.75 bits per heavy atom. The summed E-state index contributed by atoms with van der Waals surface area (Å²) in [5, 5.41) is 13.4. The number of hydrogen-bond donors (Lipinski definition) is 1. The Labute approximate surface area is 175 Å². The summed E-state index contributed by atoms with van der Waals surface area (Å²) in [7, 11) is 0. The second-order valence-electron chi connectivity index (χ2n) is 6.35. The van der Waals surface area contributed by atoms with Crippen molar-refractivity contribution in [3.63, 3.8) is 0 Å². The van der Waals surface area contributed by atoms with E-state index in [0.29, 0.717) is 0 Å². The van der Waals surface area contributed by atoms with Gasteiger partial charge >= 0.3 is 18.4 Å². The maximum atomic E-state index is 12.9. The quantitative estimate of drug-likeness (QED) is 0.388. The van der Waals surface area contributed by atoms with Crippen LogP contribution < -0.4 is 15.0 Å². The van der Waals surface area contributed by atoms with Crippen molar-refractivity contribution in [1.82, 2.24) is 15.0 Å². The van der Waals surface area contributed by atoms with Gasteiger partial charge in [0.1, 0.15) is 0 Å². The highest BCUT2D eigenvalue weighted by molar-refractivity contribution is 5.58. The molecule has 1 aliphatic heterocycles. The molecule has 10 nitrogen and oxygen atoms in total. The Bertz CT molecular complexity index is 953. The summed E-state index contributed by atoms with van der Waals surface area (Å²) in [6, 6.07) is 3.70. The number of rotatable bonds is 6. The lowest BCUT2D eigenvalue weighted by Gasteiger charge is -2.27. The smallest absolute Gasteiger partial charge is 0.434 e. The van der Waals surface area contributed by atoms with Crippen molar-refractivity contribution < 1.29 is 40.7 Å². The molecule has 1 aromatic carbocycles. The normalized spacial score (nSPS) is 15.0. The predicted octanol–water partition coefficient (Wildman–Crippen LogP) is 3.23. The van der Waals surface area contributed by atoms with Crippen LogP contribution in [0.25, 0.3) is 0 Å². The van der Waals surface area contributed by atoms with Crippen molar-refractivity contribution in [1.29, 1.82) is 0 Å². The molecule has 2 heterocycles. The second kappa shape index (κ2) is 8.97. The fourth-order valence-electron chi connectivity index (χ4n) is 2.61. The summed E-state index contributed by atoms with van der Waals surface area (Å²) >= 11 is 0. The molecule has 1 N–H and O–H groups in total. The number of nitro groups is 1. The molecular weight excluding hydrogens is 454 g/mol. The van der Waals surface area contributed by atoms with Crippen LogP contribution >= 0.6 is 0 Å². The van der Waals surface area contributed by atoms with Crippen molar-refractivity contribution >= 4 is 23.3 Å². The van der Waals surface area contributed by atoms with Gasteiger partial charge in [-0.3, -0.25) is 10.1 Å². The van der Waals surface area contributed by atoms with Crippen molar-refractivity contribution in [3.8, 4) is 6.01 Å². The average molecular weight is 468 g/mol. The van der Waals surface area contributed by atoms with Gasteiger partial charge < -0.3 is 19.7 Å². The Hall–Kier alpha value is -3.43. The molecule has 0 radical (unpaired) electrons. The lowest BCUT2D eigenvalue weighted by molar-refractivity contribution is -0.384. The number of anilines is 3. The number of aromatic nitrogens is 3. The molecule has 174 valence electrons. The number of non-ortho nitro benzene ring substituents is 1. The number of ether oxygens (including phenoxy) is 2. The minimum atomic E-state index is -5.78. The maximum Gasteiger partial charge on any atom is 0.434 e. The molecule has 2 aromatic rings. The van der Waals surface area contributed by atoms with Gasteiger partial charge in [-0.15, -0.1) is 0 Å². The van der Waals surface area contributed by atoms with Crippen LogP contribution in [0.3, 0.4) is 0 Å². The van der Waals surface area contributed by atoms with Crippen molar-refractivity contribution in [2.75, 3.05) is 36.5 Å². The van der Waals surface area contributed by atoms with E-state index in [0.717, 1.165) is 6.07 Å². The van der Waals surface area contributed by atoms with Gasteiger partial charge in [0, 0.05) is 30.9 Å². The molecule has 0 saturated carbocycles. The van der Waals surface area contributed by atoms with Crippen molar-refractivity contribution in [3.05, 3.63) is 34.4 Å². The monoisotopic (exact) mass is 468 g/mol. The zero-order valence-corrected chi connectivity index (χ0v) is 15.9. The van der Waals surface area contributed by atoms with Crippen molar-refractivity contribution in [2.45, 2.75) is 18.5 Å². The van der Waals surface area contributed by atoms with Crippen molar-refractivity contribution in [2.24, 2.45) is 0 Å². The molecule has 1 saturated heterocycles. The van der Waals surface area contributed by atoms with Gasteiger partial charge in [-0.1, -0.05) is 6.07 Å². The van der Waals surface area contributed by atoms with Crippen LogP contribution in [0.4, 0.5) is 49.6 Å². The van der Waals surface area contributed by atoms with Crippen LogP contribution in [0.15, 0.2) is 24.3 Å². The van der Waals surface area contributed by atoms with E-state index in [1.807, 2.05) is 0 Å². The van der Waals surface area contributed by atoms with Crippen LogP contribution in [0.2, 0.25) is 0 Å². The lowest BCUT2D eigenvalue weighted by atomic mass is 10.3. The molecular formula is C16H14F6N6O4. The van der Waals surface area contributed by atoms with Gasteiger partial charge in [-0.05, 0) is 6.07 Å². The first-order chi connectivity index (χ1) is 14.9. The van der Waals surface area contributed by atoms with E-state index in [4.69, 9.17) is 4.74 Å². The maximum absolute atomic E-state index is 12.9. The molecule has 1 aliphatic rings. The Morgan fingerprint density at radius 1 is 1.09 bits per heavy atom.